The van der Waals surface area contributed by atoms with E-state index in [-0.39, 0.29) is 11.5 Å². The molecule has 0 radical (unpaired) electrons. The number of rotatable bonds is 4. The van der Waals surface area contributed by atoms with Gasteiger partial charge in [-0.05, 0) is 7.05 Å². The van der Waals surface area contributed by atoms with E-state index in [0.717, 1.165) is 26.2 Å². The van der Waals surface area contributed by atoms with Gasteiger partial charge in [-0.25, -0.2) is 4.79 Å². The normalized spacial score (nSPS) is 16.6. The molecule has 0 spiro atoms. The van der Waals surface area contributed by atoms with Crippen molar-refractivity contribution < 1.29 is 14.7 Å². The van der Waals surface area contributed by atoms with E-state index in [1.807, 2.05) is 11.9 Å². The van der Waals surface area contributed by atoms with Crippen molar-refractivity contribution in [3.63, 3.8) is 0 Å². The maximum Gasteiger partial charge on any atom is 0.338 e. The number of likely N-dealkylation sites (N-methyl/N-ethyl adjacent to an activating group) is 1. The molecule has 19 heavy (non-hydrogen) atoms. The van der Waals surface area contributed by atoms with Crippen molar-refractivity contribution in [2.75, 3.05) is 33.2 Å². The Hall–Kier alpha value is -1.89. The fourth-order valence-corrected chi connectivity index (χ4v) is 2.02. The van der Waals surface area contributed by atoms with Crippen LogP contribution in [0.3, 0.4) is 0 Å². The van der Waals surface area contributed by atoms with E-state index in [1.54, 1.807) is 0 Å². The second-order valence-electron chi connectivity index (χ2n) is 4.73. The summed E-state index contributed by atoms with van der Waals surface area (Å²) in [4.78, 5) is 26.7. The fraction of sp³-hybridized carbons (Fsp3) is 0.583. The number of hydrogen-bond acceptors (Lipinski definition) is 4. The van der Waals surface area contributed by atoms with Gasteiger partial charge in [-0.3, -0.25) is 9.48 Å². The third-order valence-electron chi connectivity index (χ3n) is 3.29. The van der Waals surface area contributed by atoms with E-state index in [9.17, 15) is 9.59 Å². The smallest absolute Gasteiger partial charge is 0.338 e. The zero-order chi connectivity index (χ0) is 13.8. The number of carboxylic acids is 1. The largest absolute Gasteiger partial charge is 0.478 e. The number of aromatic carboxylic acids is 1. The molecule has 2 rings (SSSR count). The highest BCUT2D eigenvalue weighted by Crippen LogP contribution is 2.04. The summed E-state index contributed by atoms with van der Waals surface area (Å²) in [5, 5.41) is 12.7. The van der Waals surface area contributed by atoms with Crippen molar-refractivity contribution >= 4 is 11.9 Å². The van der Waals surface area contributed by atoms with Gasteiger partial charge in [0.25, 0.3) is 0 Å². The fourth-order valence-electron chi connectivity index (χ4n) is 2.02. The van der Waals surface area contributed by atoms with E-state index in [4.69, 9.17) is 5.11 Å². The van der Waals surface area contributed by atoms with E-state index in [2.05, 4.69) is 10.00 Å². The minimum atomic E-state index is -1.00. The van der Waals surface area contributed by atoms with Crippen LogP contribution in [0.1, 0.15) is 16.8 Å². The van der Waals surface area contributed by atoms with Crippen molar-refractivity contribution in [2.45, 2.75) is 13.0 Å². The Morgan fingerprint density at radius 1 is 1.32 bits per heavy atom. The molecular formula is C12H18N4O3. The standard InChI is InChI=1S/C12H18N4O3/c1-14-4-6-15(7-5-14)11(17)2-3-16-9-10(8-13-16)12(18)19/h8-9H,2-7H2,1H3,(H,18,19). The molecule has 1 aromatic heterocycles. The first-order valence-electron chi connectivity index (χ1n) is 6.28. The number of carboxylic acid groups (broad SMARTS) is 1. The lowest BCUT2D eigenvalue weighted by Crippen LogP contribution is -2.47. The van der Waals surface area contributed by atoms with Crippen LogP contribution in [0.25, 0.3) is 0 Å². The molecule has 7 heteroatoms. The average molecular weight is 266 g/mol. The average Bonchev–Trinajstić information content (AvgIpc) is 2.86. The molecule has 1 N–H and O–H groups in total. The lowest BCUT2D eigenvalue weighted by Gasteiger charge is -2.32. The summed E-state index contributed by atoms with van der Waals surface area (Å²) in [6.07, 6.45) is 3.09. The molecule has 0 unspecified atom stereocenters. The van der Waals surface area contributed by atoms with E-state index >= 15 is 0 Å². The molecule has 1 amide bonds. The molecule has 7 nitrogen and oxygen atoms in total. The van der Waals surface area contributed by atoms with Gasteiger partial charge in [-0.1, -0.05) is 0 Å². The molecular weight excluding hydrogens is 248 g/mol. The zero-order valence-corrected chi connectivity index (χ0v) is 10.9. The second-order valence-corrected chi connectivity index (χ2v) is 4.73. The molecule has 0 saturated carbocycles. The van der Waals surface area contributed by atoms with Crippen LogP contribution in [0.5, 0.6) is 0 Å². The number of carbonyl (C=O) groups excluding carboxylic acids is 1. The molecule has 1 saturated heterocycles. The number of hydrogen-bond donors (Lipinski definition) is 1. The molecule has 0 aliphatic carbocycles. The first kappa shape index (κ1) is 13.5. The van der Waals surface area contributed by atoms with E-state index < -0.39 is 5.97 Å². The Bertz CT molecular complexity index is 463. The van der Waals surface area contributed by atoms with Crippen LogP contribution in [0.2, 0.25) is 0 Å². The van der Waals surface area contributed by atoms with E-state index in [0.29, 0.717) is 13.0 Å². The Labute approximate surface area is 111 Å². The molecule has 104 valence electrons. The van der Waals surface area contributed by atoms with E-state index in [1.165, 1.54) is 17.1 Å². The van der Waals surface area contributed by atoms with Gasteiger partial charge in [0, 0.05) is 45.3 Å². The summed E-state index contributed by atoms with van der Waals surface area (Å²) in [5.74, 6) is -0.905. The van der Waals surface area contributed by atoms with Gasteiger partial charge in [-0.15, -0.1) is 0 Å². The van der Waals surface area contributed by atoms with Crippen molar-refractivity contribution in [1.82, 2.24) is 19.6 Å². The third kappa shape index (κ3) is 3.54. The molecule has 0 aromatic carbocycles. The summed E-state index contributed by atoms with van der Waals surface area (Å²) in [5.41, 5.74) is 0.145. The molecule has 2 heterocycles. The lowest BCUT2D eigenvalue weighted by atomic mass is 10.3. The van der Waals surface area contributed by atoms with Crippen LogP contribution in [0.4, 0.5) is 0 Å². The first-order chi connectivity index (χ1) is 9.06. The predicted octanol–water partition coefficient (Wildman–Crippen LogP) is -0.255. The summed E-state index contributed by atoms with van der Waals surface area (Å²) in [7, 11) is 2.04. The van der Waals surface area contributed by atoms with Gasteiger partial charge in [0.05, 0.1) is 11.8 Å². The molecule has 1 aliphatic heterocycles. The molecule has 1 aromatic rings. The number of aromatic nitrogens is 2. The highest BCUT2D eigenvalue weighted by atomic mass is 16.4. The SMILES string of the molecule is CN1CCN(C(=O)CCn2cc(C(=O)O)cn2)CC1. The third-order valence-corrected chi connectivity index (χ3v) is 3.29. The van der Waals surface area contributed by atoms with Crippen LogP contribution >= 0.6 is 0 Å². The molecule has 1 fully saturated rings. The minimum Gasteiger partial charge on any atom is -0.478 e. The Morgan fingerprint density at radius 3 is 2.58 bits per heavy atom. The number of carbonyl (C=O) groups is 2. The van der Waals surface area contributed by atoms with Crippen molar-refractivity contribution in [3.8, 4) is 0 Å². The first-order valence-corrected chi connectivity index (χ1v) is 6.28. The Balaban J connectivity index is 1.81. The van der Waals surface area contributed by atoms with Gasteiger partial charge in [0.1, 0.15) is 0 Å². The number of amides is 1. The highest BCUT2D eigenvalue weighted by Gasteiger charge is 2.18. The molecule has 0 atom stereocenters. The van der Waals surface area contributed by atoms with Crippen LogP contribution in [0, 0.1) is 0 Å². The number of piperazine rings is 1. The van der Waals surface area contributed by atoms with Gasteiger partial charge >= 0.3 is 5.97 Å². The minimum absolute atomic E-state index is 0.0977. The topological polar surface area (TPSA) is 78.7 Å². The van der Waals surface area contributed by atoms with Gasteiger partial charge in [0.15, 0.2) is 0 Å². The van der Waals surface area contributed by atoms with Gasteiger partial charge < -0.3 is 14.9 Å². The van der Waals surface area contributed by atoms with Crippen molar-refractivity contribution in [2.24, 2.45) is 0 Å². The number of nitrogens with zero attached hydrogens (tertiary/aromatic N) is 4. The molecule has 1 aliphatic rings. The van der Waals surface area contributed by atoms with Crippen LogP contribution in [0.15, 0.2) is 12.4 Å². The van der Waals surface area contributed by atoms with Crippen LogP contribution < -0.4 is 0 Å². The van der Waals surface area contributed by atoms with Gasteiger partial charge in [0.2, 0.25) is 5.91 Å². The lowest BCUT2D eigenvalue weighted by molar-refractivity contribution is -0.133. The maximum atomic E-state index is 12.0. The summed E-state index contributed by atoms with van der Waals surface area (Å²) >= 11 is 0. The Kier molecular flexibility index (Phi) is 4.16. The zero-order valence-electron chi connectivity index (χ0n) is 10.9. The Morgan fingerprint density at radius 2 is 2.00 bits per heavy atom. The summed E-state index contributed by atoms with van der Waals surface area (Å²) in [6, 6.07) is 0. The highest BCUT2D eigenvalue weighted by molar-refractivity contribution is 5.86. The van der Waals surface area contributed by atoms with Crippen molar-refractivity contribution in [3.05, 3.63) is 18.0 Å². The van der Waals surface area contributed by atoms with Gasteiger partial charge in [-0.2, -0.15) is 5.10 Å². The number of aryl methyl sites for hydroxylation is 1. The maximum absolute atomic E-state index is 12.0. The second kappa shape index (κ2) is 5.83. The predicted molar refractivity (Wildman–Crippen MR) is 67.9 cm³/mol. The monoisotopic (exact) mass is 266 g/mol. The summed E-state index contributed by atoms with van der Waals surface area (Å²) < 4.78 is 1.50. The van der Waals surface area contributed by atoms with Crippen LogP contribution in [-0.4, -0.2) is 69.8 Å². The van der Waals surface area contributed by atoms with Crippen molar-refractivity contribution in [1.29, 1.82) is 0 Å². The molecule has 0 bridgehead atoms. The quantitative estimate of drug-likeness (QED) is 0.812. The summed E-state index contributed by atoms with van der Waals surface area (Å²) in [6.45, 7) is 3.73. The van der Waals surface area contributed by atoms with Crippen LogP contribution in [-0.2, 0) is 11.3 Å².